The van der Waals surface area contributed by atoms with E-state index in [4.69, 9.17) is 4.98 Å². The Morgan fingerprint density at radius 2 is 1.98 bits per heavy atom. The topological polar surface area (TPSA) is 102 Å². The lowest BCUT2D eigenvalue weighted by molar-refractivity contribution is -0.0257. The summed E-state index contributed by atoms with van der Waals surface area (Å²) in [5.41, 5.74) is 3.72. The zero-order valence-electron chi connectivity index (χ0n) is 22.2. The smallest absolute Gasteiger partial charge is 0.254 e. The number of pyridine rings is 1. The van der Waals surface area contributed by atoms with E-state index in [1.54, 1.807) is 16.9 Å². The van der Waals surface area contributed by atoms with Gasteiger partial charge in [0.05, 0.1) is 54.9 Å². The van der Waals surface area contributed by atoms with E-state index in [-0.39, 0.29) is 31.2 Å². The van der Waals surface area contributed by atoms with Crippen LogP contribution < -0.4 is 0 Å². The van der Waals surface area contributed by atoms with E-state index in [0.717, 1.165) is 32.1 Å². The van der Waals surface area contributed by atoms with Gasteiger partial charge in [0.15, 0.2) is 5.67 Å². The van der Waals surface area contributed by atoms with Crippen LogP contribution >= 0.6 is 15.9 Å². The molecule has 0 aliphatic carbocycles. The average molecular weight is 604 g/mol. The Labute approximate surface area is 238 Å². The van der Waals surface area contributed by atoms with E-state index in [0.29, 0.717) is 16.8 Å². The van der Waals surface area contributed by atoms with Crippen LogP contribution in [0.5, 0.6) is 0 Å². The third-order valence-electron chi connectivity index (χ3n) is 7.50. The number of benzene rings is 2. The molecule has 204 valence electrons. The summed E-state index contributed by atoms with van der Waals surface area (Å²) in [7, 11) is 1.82. The first kappa shape index (κ1) is 26.3. The van der Waals surface area contributed by atoms with Gasteiger partial charge in [-0.05, 0) is 48.7 Å². The maximum Gasteiger partial charge on any atom is 0.254 e. The second-order valence-corrected chi connectivity index (χ2v) is 11.3. The number of aliphatic hydroxyl groups is 1. The summed E-state index contributed by atoms with van der Waals surface area (Å²) in [6, 6.07) is 13.0. The van der Waals surface area contributed by atoms with Crippen LogP contribution in [0.2, 0.25) is 0 Å². The van der Waals surface area contributed by atoms with Crippen molar-refractivity contribution >= 4 is 32.7 Å². The lowest BCUT2D eigenvalue weighted by Crippen LogP contribution is -2.59. The summed E-state index contributed by atoms with van der Waals surface area (Å²) in [6.45, 7) is 3.83. The van der Waals surface area contributed by atoms with E-state index >= 15 is 4.39 Å². The lowest BCUT2D eigenvalue weighted by atomic mass is 9.91. The maximum absolute atomic E-state index is 15.9. The predicted molar refractivity (Wildman–Crippen MR) is 151 cm³/mol. The molecule has 0 radical (unpaired) electrons. The standard InChI is InChI=1S/C29H27BrFN7O2/c1-17-7-8-22-23(10-24(33-27(22)18(17)2)20-11-32-36(3)12-20)28(40)37-15-29(31,16-37)26-14-38(35-34-26)13-25(39)19-5-4-6-21(30)9-19/h4-12,14,25,39H,13,15-16H2,1-3H3/t25-/m1/s1. The van der Waals surface area contributed by atoms with Crippen LogP contribution in [-0.2, 0) is 19.3 Å². The first-order valence-corrected chi connectivity index (χ1v) is 13.6. The summed E-state index contributed by atoms with van der Waals surface area (Å²) < 4.78 is 19.8. The molecule has 4 heterocycles. The number of amides is 1. The molecule has 40 heavy (non-hydrogen) atoms. The quantitative estimate of drug-likeness (QED) is 0.303. The summed E-state index contributed by atoms with van der Waals surface area (Å²) >= 11 is 3.40. The Hall–Kier alpha value is -3.96. The van der Waals surface area contributed by atoms with Crippen molar-refractivity contribution in [3.05, 3.63) is 93.5 Å². The van der Waals surface area contributed by atoms with E-state index in [9.17, 15) is 9.90 Å². The van der Waals surface area contributed by atoms with Gasteiger partial charge in [0.2, 0.25) is 0 Å². The van der Waals surface area contributed by atoms with Crippen molar-refractivity contribution < 1.29 is 14.3 Å². The van der Waals surface area contributed by atoms with Crippen molar-refractivity contribution in [2.75, 3.05) is 13.1 Å². The molecule has 0 unspecified atom stereocenters. The van der Waals surface area contributed by atoms with Gasteiger partial charge in [-0.1, -0.05) is 45.4 Å². The highest BCUT2D eigenvalue weighted by atomic mass is 79.9. The first-order chi connectivity index (χ1) is 19.1. The van der Waals surface area contributed by atoms with E-state index in [2.05, 4.69) is 31.3 Å². The Balaban J connectivity index is 1.23. The minimum Gasteiger partial charge on any atom is -0.386 e. The van der Waals surface area contributed by atoms with Crippen LogP contribution in [0.3, 0.4) is 0 Å². The fourth-order valence-electron chi connectivity index (χ4n) is 5.03. The molecule has 1 amide bonds. The highest BCUT2D eigenvalue weighted by Gasteiger charge is 2.49. The van der Waals surface area contributed by atoms with Crippen molar-refractivity contribution in [1.82, 2.24) is 34.7 Å². The van der Waals surface area contributed by atoms with Crippen LogP contribution in [0.25, 0.3) is 22.2 Å². The molecular formula is C29H27BrFN7O2. The molecule has 1 N–H and O–H groups in total. The largest absolute Gasteiger partial charge is 0.386 e. The van der Waals surface area contributed by atoms with Crippen molar-refractivity contribution in [3.63, 3.8) is 0 Å². The second-order valence-electron chi connectivity index (χ2n) is 10.4. The van der Waals surface area contributed by atoms with Crippen molar-refractivity contribution in [1.29, 1.82) is 0 Å². The van der Waals surface area contributed by atoms with Crippen molar-refractivity contribution in [2.45, 2.75) is 32.2 Å². The van der Waals surface area contributed by atoms with Gasteiger partial charge in [-0.3, -0.25) is 9.48 Å². The average Bonchev–Trinajstić information content (AvgIpc) is 3.57. The number of fused-ring (bicyclic) bond motifs is 1. The monoisotopic (exact) mass is 603 g/mol. The Morgan fingerprint density at radius 1 is 1.18 bits per heavy atom. The van der Waals surface area contributed by atoms with Gasteiger partial charge >= 0.3 is 0 Å². The molecule has 0 spiro atoms. The second kappa shape index (κ2) is 9.90. The Morgan fingerprint density at radius 3 is 2.70 bits per heavy atom. The molecule has 6 rings (SSSR count). The minimum atomic E-state index is -1.82. The molecule has 0 bridgehead atoms. The Bertz CT molecular complexity index is 1760. The maximum atomic E-state index is 15.9. The normalized spacial score (nSPS) is 15.3. The predicted octanol–water partition coefficient (Wildman–Crippen LogP) is 4.66. The lowest BCUT2D eigenvalue weighted by Gasteiger charge is -2.43. The number of nitrogens with zero attached hydrogens (tertiary/aromatic N) is 7. The summed E-state index contributed by atoms with van der Waals surface area (Å²) in [4.78, 5) is 20.0. The number of alkyl halides is 1. The van der Waals surface area contributed by atoms with Crippen molar-refractivity contribution in [2.24, 2.45) is 7.05 Å². The number of aryl methyl sites for hydroxylation is 3. The summed E-state index contributed by atoms with van der Waals surface area (Å²) in [5, 5.41) is 23.6. The third kappa shape index (κ3) is 4.69. The molecule has 1 aliphatic heterocycles. The van der Waals surface area contributed by atoms with Crippen LogP contribution in [0, 0.1) is 13.8 Å². The van der Waals surface area contributed by atoms with Crippen LogP contribution in [0.1, 0.15) is 38.8 Å². The number of aromatic nitrogens is 6. The summed E-state index contributed by atoms with van der Waals surface area (Å²) in [5.74, 6) is -0.272. The van der Waals surface area contributed by atoms with Gasteiger partial charge in [0, 0.05) is 28.7 Å². The molecule has 2 aromatic carbocycles. The molecule has 0 saturated carbocycles. The molecule has 11 heteroatoms. The number of rotatable bonds is 6. The number of carbonyl (C=O) groups is 1. The number of aliphatic hydroxyl groups excluding tert-OH is 1. The molecular weight excluding hydrogens is 577 g/mol. The van der Waals surface area contributed by atoms with Gasteiger partial charge in [-0.25, -0.2) is 14.1 Å². The molecule has 1 atom stereocenters. The highest BCUT2D eigenvalue weighted by Crippen LogP contribution is 2.37. The Kier molecular flexibility index (Phi) is 6.50. The molecule has 9 nitrogen and oxygen atoms in total. The molecule has 5 aromatic rings. The number of carbonyl (C=O) groups excluding carboxylic acids is 1. The van der Waals surface area contributed by atoms with E-state index < -0.39 is 11.8 Å². The molecule has 1 saturated heterocycles. The molecule has 1 fully saturated rings. The van der Waals surface area contributed by atoms with E-state index in [1.807, 2.05) is 63.5 Å². The van der Waals surface area contributed by atoms with Gasteiger partial charge in [0.1, 0.15) is 5.69 Å². The van der Waals surface area contributed by atoms with Gasteiger partial charge in [-0.2, -0.15) is 5.10 Å². The number of halogens is 2. The fourth-order valence-corrected chi connectivity index (χ4v) is 5.45. The van der Waals surface area contributed by atoms with Crippen LogP contribution in [0.15, 0.2) is 65.5 Å². The fraction of sp³-hybridized carbons (Fsp3) is 0.276. The van der Waals surface area contributed by atoms with Gasteiger partial charge < -0.3 is 10.0 Å². The minimum absolute atomic E-state index is 0.126. The van der Waals surface area contributed by atoms with Gasteiger partial charge in [-0.15, -0.1) is 5.10 Å². The molecule has 3 aromatic heterocycles. The zero-order chi connectivity index (χ0) is 28.2. The van der Waals surface area contributed by atoms with E-state index in [1.165, 1.54) is 15.8 Å². The summed E-state index contributed by atoms with van der Waals surface area (Å²) in [6.07, 6.45) is 4.22. The number of hydrogen-bond donors (Lipinski definition) is 1. The number of hydrogen-bond acceptors (Lipinski definition) is 6. The van der Waals surface area contributed by atoms with Gasteiger partial charge in [0.25, 0.3) is 5.91 Å². The van der Waals surface area contributed by atoms with Crippen molar-refractivity contribution in [3.8, 4) is 11.3 Å². The number of likely N-dealkylation sites (tertiary alicyclic amines) is 1. The third-order valence-corrected chi connectivity index (χ3v) is 7.99. The highest BCUT2D eigenvalue weighted by molar-refractivity contribution is 9.10. The SMILES string of the molecule is Cc1ccc2c(C(=O)N3CC(F)(c4cn(C[C@@H](O)c5cccc(Br)c5)nn4)C3)cc(-c3cnn(C)c3)nc2c1C. The van der Waals surface area contributed by atoms with Crippen LogP contribution in [0.4, 0.5) is 4.39 Å². The zero-order valence-corrected chi connectivity index (χ0v) is 23.8. The van der Waals surface area contributed by atoms with Crippen LogP contribution in [-0.4, -0.2) is 58.8 Å². The molecule has 1 aliphatic rings. The first-order valence-electron chi connectivity index (χ1n) is 12.8.